The summed E-state index contributed by atoms with van der Waals surface area (Å²) in [7, 11) is 2.08. The molecule has 31 heavy (non-hydrogen) atoms. The van der Waals surface area contributed by atoms with Crippen LogP contribution in [0.25, 0.3) is 11.1 Å². The monoisotopic (exact) mass is 420 g/mol. The second-order valence-electron chi connectivity index (χ2n) is 6.03. The van der Waals surface area contributed by atoms with Gasteiger partial charge in [0, 0.05) is 11.1 Å². The van der Waals surface area contributed by atoms with E-state index >= 15 is 0 Å². The highest BCUT2D eigenvalue weighted by molar-refractivity contribution is 6.66. The summed E-state index contributed by atoms with van der Waals surface area (Å²) in [5, 5.41) is 0. The Kier molecular flexibility index (Phi) is 7.57. The van der Waals surface area contributed by atoms with E-state index in [9.17, 15) is 19.2 Å². The molecule has 0 aliphatic rings. The Morgan fingerprint density at radius 3 is 1.39 bits per heavy atom. The first kappa shape index (κ1) is 22.8. The van der Waals surface area contributed by atoms with Crippen LogP contribution in [-0.2, 0) is 25.5 Å². The molecule has 0 unspecified atom stereocenters. The highest BCUT2D eigenvalue weighted by atomic mass is 16.5. The average molecular weight is 420 g/mol. The van der Waals surface area contributed by atoms with Crippen LogP contribution in [-0.4, -0.2) is 58.7 Å². The third-order valence-electron chi connectivity index (χ3n) is 4.29. The van der Waals surface area contributed by atoms with Crippen molar-refractivity contribution in [2.24, 2.45) is 0 Å². The van der Waals surface area contributed by atoms with Gasteiger partial charge in [0.2, 0.25) is 0 Å². The van der Waals surface area contributed by atoms with E-state index in [0.29, 0.717) is 11.1 Å². The highest BCUT2D eigenvalue weighted by Gasteiger charge is 2.35. The molecular weight excluding hydrogens is 404 g/mol. The Labute approximate surface area is 176 Å². The Morgan fingerprint density at radius 2 is 1.06 bits per heavy atom. The number of methoxy groups -OCH3 is 2. The molecule has 10 nitrogen and oxygen atoms in total. The molecule has 0 N–H and O–H groups in total. The Hall–Kier alpha value is -4.52. The Bertz CT molecular complexity index is 1080. The molecule has 10 heteroatoms. The molecule has 0 amide bonds. The lowest BCUT2D eigenvalue weighted by atomic mass is 9.91. The minimum Gasteiger partial charge on any atom is -0.460 e. The van der Waals surface area contributed by atoms with Gasteiger partial charge in [0.25, 0.3) is 11.6 Å². The number of hydrogen-bond donors (Lipinski definition) is 0. The number of carbonyl (C=O) groups is 4. The summed E-state index contributed by atoms with van der Waals surface area (Å²) >= 11 is 0. The van der Waals surface area contributed by atoms with E-state index in [0.717, 1.165) is 14.2 Å². The first-order chi connectivity index (χ1) is 14.9. The average Bonchev–Trinajstić information content (AvgIpc) is 2.80. The van der Waals surface area contributed by atoms with Gasteiger partial charge in [-0.25, -0.2) is 9.59 Å². The maximum Gasteiger partial charge on any atom is 0.446 e. The number of carbonyl (C=O) groups excluding carboxylic acids is 4. The molecule has 0 radical (unpaired) electrons. The van der Waals surface area contributed by atoms with Crippen molar-refractivity contribution in [3.05, 3.63) is 81.8 Å². The maximum absolute atomic E-state index is 12.7. The SMILES string of the molecule is COC(=O)C(=[N+]=[N-])C(=O)c1ccccc1Cc1ccccc1C(=O)C(=[N+]=[N-])C(=O)OC. The van der Waals surface area contributed by atoms with Crippen molar-refractivity contribution >= 4 is 34.9 Å². The lowest BCUT2D eigenvalue weighted by Gasteiger charge is -2.10. The molecule has 2 rings (SSSR count). The number of rotatable bonds is 8. The van der Waals surface area contributed by atoms with E-state index in [1.165, 1.54) is 12.1 Å². The summed E-state index contributed by atoms with van der Waals surface area (Å²) < 4.78 is 8.90. The van der Waals surface area contributed by atoms with Gasteiger partial charge in [-0.05, 0) is 17.5 Å². The molecule has 0 atom stereocenters. The van der Waals surface area contributed by atoms with Crippen molar-refractivity contribution in [3.63, 3.8) is 0 Å². The first-order valence-corrected chi connectivity index (χ1v) is 8.75. The number of ether oxygens (including phenoxy) is 2. The van der Waals surface area contributed by atoms with Crippen molar-refractivity contribution in [2.45, 2.75) is 6.42 Å². The van der Waals surface area contributed by atoms with Crippen molar-refractivity contribution in [1.82, 2.24) is 0 Å². The van der Waals surface area contributed by atoms with Crippen molar-refractivity contribution in [2.75, 3.05) is 14.2 Å². The molecular formula is C21H16N4O6. The van der Waals surface area contributed by atoms with Crippen LogP contribution < -0.4 is 0 Å². The molecule has 0 spiro atoms. The fourth-order valence-electron chi connectivity index (χ4n) is 2.80. The van der Waals surface area contributed by atoms with Gasteiger partial charge in [0.15, 0.2) is 0 Å². The van der Waals surface area contributed by atoms with E-state index in [1.54, 1.807) is 36.4 Å². The van der Waals surface area contributed by atoms with Gasteiger partial charge in [-0.15, -0.1) is 0 Å². The number of ketones is 2. The molecule has 156 valence electrons. The third kappa shape index (κ3) is 4.91. The van der Waals surface area contributed by atoms with Crippen LogP contribution in [0.5, 0.6) is 0 Å². The van der Waals surface area contributed by atoms with E-state index in [-0.39, 0.29) is 17.5 Å². The quantitative estimate of drug-likeness (QED) is 0.156. The number of Topliss-reactive ketones (excluding diaryl/α,β-unsaturated/α-hetero) is 2. The predicted octanol–water partition coefficient (Wildman–Crippen LogP) is 1.33. The van der Waals surface area contributed by atoms with Crippen LogP contribution in [0.2, 0.25) is 0 Å². The first-order valence-electron chi connectivity index (χ1n) is 8.75. The maximum atomic E-state index is 12.7. The number of benzene rings is 2. The van der Waals surface area contributed by atoms with Crippen molar-refractivity contribution in [1.29, 1.82) is 0 Å². The third-order valence-corrected chi connectivity index (χ3v) is 4.29. The van der Waals surface area contributed by atoms with Gasteiger partial charge >= 0.3 is 23.4 Å². The van der Waals surface area contributed by atoms with Crippen LogP contribution in [0, 0.1) is 0 Å². The van der Waals surface area contributed by atoms with E-state index in [1.807, 2.05) is 0 Å². The number of esters is 2. The smallest absolute Gasteiger partial charge is 0.446 e. The zero-order chi connectivity index (χ0) is 23.0. The van der Waals surface area contributed by atoms with Gasteiger partial charge in [0.1, 0.15) is 0 Å². The lowest BCUT2D eigenvalue weighted by molar-refractivity contribution is -0.137. The lowest BCUT2D eigenvalue weighted by Crippen LogP contribution is -2.28. The van der Waals surface area contributed by atoms with Crippen molar-refractivity contribution < 1.29 is 38.2 Å². The molecule has 0 heterocycles. The summed E-state index contributed by atoms with van der Waals surface area (Å²) in [6, 6.07) is 12.4. The van der Waals surface area contributed by atoms with Crippen molar-refractivity contribution in [3.8, 4) is 0 Å². The van der Waals surface area contributed by atoms with Crippen LogP contribution in [0.15, 0.2) is 48.5 Å². The van der Waals surface area contributed by atoms with E-state index in [4.69, 9.17) is 11.1 Å². The van der Waals surface area contributed by atoms with Crippen LogP contribution in [0.4, 0.5) is 0 Å². The van der Waals surface area contributed by atoms with E-state index in [2.05, 4.69) is 19.1 Å². The molecule has 0 saturated heterocycles. The summed E-state index contributed by atoms with van der Waals surface area (Å²) in [5.41, 5.74) is 17.4. The summed E-state index contributed by atoms with van der Waals surface area (Å²) in [5.74, 6) is -3.97. The van der Waals surface area contributed by atoms with Crippen LogP contribution in [0.1, 0.15) is 31.8 Å². The van der Waals surface area contributed by atoms with E-state index < -0.39 is 34.9 Å². The zero-order valence-electron chi connectivity index (χ0n) is 16.6. The number of nitrogens with zero attached hydrogens (tertiary/aromatic N) is 4. The fraction of sp³-hybridized carbons (Fsp3) is 0.143. The predicted molar refractivity (Wildman–Crippen MR) is 106 cm³/mol. The molecule has 0 aromatic heterocycles. The van der Waals surface area contributed by atoms with Gasteiger partial charge in [-0.3, -0.25) is 9.59 Å². The molecule has 2 aromatic rings. The Morgan fingerprint density at radius 1 is 0.710 bits per heavy atom. The fourth-order valence-corrected chi connectivity index (χ4v) is 2.80. The van der Waals surface area contributed by atoms with Crippen LogP contribution >= 0.6 is 0 Å². The van der Waals surface area contributed by atoms with Gasteiger partial charge in [-0.1, -0.05) is 48.5 Å². The molecule has 0 saturated carbocycles. The minimum absolute atomic E-state index is 0.0313. The van der Waals surface area contributed by atoms with Gasteiger partial charge < -0.3 is 20.5 Å². The summed E-state index contributed by atoms with van der Waals surface area (Å²) in [6.45, 7) is 0. The summed E-state index contributed by atoms with van der Waals surface area (Å²) in [4.78, 5) is 54.3. The largest absolute Gasteiger partial charge is 0.460 e. The molecule has 0 aliphatic carbocycles. The van der Waals surface area contributed by atoms with Gasteiger partial charge in [-0.2, -0.15) is 9.58 Å². The van der Waals surface area contributed by atoms with Crippen LogP contribution in [0.3, 0.4) is 0 Å². The standard InChI is InChI=1S/C21H16N4O6/c1-30-20(28)16(24-22)18(26)14-9-5-3-7-12(14)11-13-8-4-6-10-15(13)19(27)17(25-23)21(29)31-2/h3-10H,11H2,1-2H3. The second kappa shape index (κ2) is 10.3. The topological polar surface area (TPSA) is 160 Å². The molecule has 0 fully saturated rings. The Balaban J connectivity index is 2.51. The highest BCUT2D eigenvalue weighted by Crippen LogP contribution is 2.19. The minimum atomic E-state index is -1.11. The zero-order valence-corrected chi connectivity index (χ0v) is 16.6. The number of hydrogen-bond acceptors (Lipinski definition) is 6. The normalized spacial score (nSPS) is 9.61. The molecule has 0 bridgehead atoms. The summed E-state index contributed by atoms with van der Waals surface area (Å²) in [6.07, 6.45) is 0.0313. The second-order valence-corrected chi connectivity index (χ2v) is 6.03. The molecule has 2 aromatic carbocycles. The van der Waals surface area contributed by atoms with Gasteiger partial charge in [0.05, 0.1) is 14.2 Å². The molecule has 0 aliphatic heterocycles.